The molecule has 1 aliphatic rings. The molecule has 0 aromatic carbocycles. The number of halogens is 2. The molecule has 14 heavy (non-hydrogen) atoms. The number of alkyl halides is 2. The molecule has 0 N–H and O–H groups in total. The van der Waals surface area contributed by atoms with Crippen molar-refractivity contribution in [3.8, 4) is 0 Å². The zero-order valence-corrected chi connectivity index (χ0v) is 9.27. The van der Waals surface area contributed by atoms with Gasteiger partial charge in [-0.05, 0) is 17.9 Å². The zero-order valence-electron chi connectivity index (χ0n) is 9.27. The van der Waals surface area contributed by atoms with Crippen LogP contribution in [0.4, 0.5) is 8.78 Å². The second-order valence-electron chi connectivity index (χ2n) is 4.70. The highest BCUT2D eigenvalue weighted by Gasteiger charge is 2.44. The molecule has 0 aromatic heterocycles. The molecule has 0 nitrogen and oxygen atoms in total. The molecule has 0 saturated carbocycles. The summed E-state index contributed by atoms with van der Waals surface area (Å²) in [5.74, 6) is -2.23. The van der Waals surface area contributed by atoms with E-state index in [1.165, 1.54) is 0 Å². The summed E-state index contributed by atoms with van der Waals surface area (Å²) < 4.78 is 26.5. The van der Waals surface area contributed by atoms with Crippen molar-refractivity contribution in [1.29, 1.82) is 0 Å². The summed E-state index contributed by atoms with van der Waals surface area (Å²) in [7, 11) is 0. The molecule has 1 rings (SSSR count). The van der Waals surface area contributed by atoms with Crippen LogP contribution in [0.25, 0.3) is 0 Å². The first kappa shape index (κ1) is 11.4. The van der Waals surface area contributed by atoms with Crippen LogP contribution in [0.1, 0.15) is 34.1 Å². The van der Waals surface area contributed by atoms with Gasteiger partial charge in [-0.2, -0.15) is 0 Å². The van der Waals surface area contributed by atoms with Gasteiger partial charge in [0.1, 0.15) is 0 Å². The maximum Gasteiger partial charge on any atom is 0.254 e. The van der Waals surface area contributed by atoms with E-state index in [4.69, 9.17) is 0 Å². The zero-order chi connectivity index (χ0) is 11.0. The smallest absolute Gasteiger partial charge is 0.206 e. The lowest BCUT2D eigenvalue weighted by atomic mass is 9.76. The first-order valence-electron chi connectivity index (χ1n) is 5.03. The Morgan fingerprint density at radius 2 is 2.00 bits per heavy atom. The third-order valence-corrected chi connectivity index (χ3v) is 3.07. The van der Waals surface area contributed by atoms with Crippen LogP contribution < -0.4 is 0 Å². The van der Waals surface area contributed by atoms with Crippen LogP contribution in [0.3, 0.4) is 0 Å². The summed E-state index contributed by atoms with van der Waals surface area (Å²) in [4.78, 5) is 0. The van der Waals surface area contributed by atoms with Crippen molar-refractivity contribution >= 4 is 0 Å². The van der Waals surface area contributed by atoms with E-state index in [9.17, 15) is 8.78 Å². The lowest BCUT2D eigenvalue weighted by Gasteiger charge is -2.34. The van der Waals surface area contributed by atoms with Crippen molar-refractivity contribution in [2.75, 3.05) is 0 Å². The Balaban J connectivity index is 2.83. The minimum Gasteiger partial charge on any atom is -0.206 e. The van der Waals surface area contributed by atoms with E-state index in [0.29, 0.717) is 12.3 Å². The van der Waals surface area contributed by atoms with Gasteiger partial charge in [-0.25, -0.2) is 8.78 Å². The summed E-state index contributed by atoms with van der Waals surface area (Å²) in [6.45, 7) is 6.74. The third kappa shape index (κ3) is 2.05. The van der Waals surface area contributed by atoms with Gasteiger partial charge >= 0.3 is 0 Å². The lowest BCUT2D eigenvalue weighted by molar-refractivity contribution is -0.0716. The fourth-order valence-corrected chi connectivity index (χ4v) is 1.50. The average Bonchev–Trinajstić information content (AvgIpc) is 2.03. The van der Waals surface area contributed by atoms with Crippen LogP contribution in [0, 0.1) is 11.3 Å². The minimum atomic E-state index is -2.65. The summed E-state index contributed by atoms with van der Waals surface area (Å²) in [5.41, 5.74) is 0.150. The largest absolute Gasteiger partial charge is 0.254 e. The number of allylic oxidation sites excluding steroid dienone is 4. The van der Waals surface area contributed by atoms with Gasteiger partial charge in [-0.3, -0.25) is 0 Å². The number of rotatable bonds is 2. The van der Waals surface area contributed by atoms with Crippen molar-refractivity contribution in [1.82, 2.24) is 0 Å². The van der Waals surface area contributed by atoms with Crippen molar-refractivity contribution in [3.63, 3.8) is 0 Å². The molecule has 0 amide bonds. The van der Waals surface area contributed by atoms with Crippen molar-refractivity contribution in [2.45, 2.75) is 40.0 Å². The average molecular weight is 200 g/mol. The maximum atomic E-state index is 13.2. The molecule has 0 fully saturated rings. The minimum absolute atomic E-state index is 0.418. The Morgan fingerprint density at radius 1 is 1.43 bits per heavy atom. The predicted molar refractivity (Wildman–Crippen MR) is 55.4 cm³/mol. The molecule has 0 heterocycles. The highest BCUT2D eigenvalue weighted by atomic mass is 19.3. The van der Waals surface area contributed by atoms with E-state index in [-0.39, 0.29) is 0 Å². The second-order valence-corrected chi connectivity index (χ2v) is 4.70. The predicted octanol–water partition coefficient (Wildman–Crippen LogP) is 4.19. The Hall–Kier alpha value is -0.660. The van der Waals surface area contributed by atoms with Crippen LogP contribution in [-0.4, -0.2) is 5.92 Å². The molecule has 80 valence electrons. The molecular formula is C12H18F2. The van der Waals surface area contributed by atoms with Crippen molar-refractivity contribution in [2.24, 2.45) is 11.3 Å². The van der Waals surface area contributed by atoms with E-state index < -0.39 is 11.3 Å². The van der Waals surface area contributed by atoms with Crippen molar-refractivity contribution < 1.29 is 8.78 Å². The summed E-state index contributed by atoms with van der Waals surface area (Å²) in [6.07, 6.45) is 5.86. The van der Waals surface area contributed by atoms with Crippen LogP contribution in [-0.2, 0) is 0 Å². The summed E-state index contributed by atoms with van der Waals surface area (Å²) in [6, 6.07) is 0. The van der Waals surface area contributed by atoms with Crippen LogP contribution in [0.15, 0.2) is 23.8 Å². The highest BCUT2D eigenvalue weighted by Crippen LogP contribution is 2.43. The maximum absolute atomic E-state index is 13.2. The van der Waals surface area contributed by atoms with Crippen LogP contribution in [0.2, 0.25) is 0 Å². The molecule has 1 aliphatic carbocycles. The fraction of sp³-hybridized carbons (Fsp3) is 0.667. The van der Waals surface area contributed by atoms with E-state index in [2.05, 4.69) is 13.8 Å². The van der Waals surface area contributed by atoms with Gasteiger partial charge in [-0.1, -0.05) is 39.0 Å². The molecule has 1 unspecified atom stereocenters. The van der Waals surface area contributed by atoms with Crippen LogP contribution >= 0.6 is 0 Å². The molecule has 0 spiro atoms. The fourth-order valence-electron chi connectivity index (χ4n) is 1.50. The van der Waals surface area contributed by atoms with Gasteiger partial charge in [0.25, 0.3) is 5.92 Å². The lowest BCUT2D eigenvalue weighted by Crippen LogP contribution is -2.35. The summed E-state index contributed by atoms with van der Waals surface area (Å²) in [5, 5.41) is 0. The van der Waals surface area contributed by atoms with Gasteiger partial charge in [0, 0.05) is 6.92 Å². The standard InChI is InChI=1S/C12H18F2/c1-9(2)10-5-7-11(3,8-6-10)12(4,13)14/h5-7,9H,8H2,1-4H3. The van der Waals surface area contributed by atoms with Gasteiger partial charge in [-0.15, -0.1) is 0 Å². The SMILES string of the molecule is CC(C)C1=CCC(C)(C(C)(F)F)C=C1. The molecule has 0 bridgehead atoms. The molecular weight excluding hydrogens is 182 g/mol. The highest BCUT2D eigenvalue weighted by molar-refractivity contribution is 5.28. The molecule has 0 aromatic rings. The van der Waals surface area contributed by atoms with Gasteiger partial charge < -0.3 is 0 Å². The van der Waals surface area contributed by atoms with Gasteiger partial charge in [0.15, 0.2) is 0 Å². The Morgan fingerprint density at radius 3 is 2.29 bits per heavy atom. The first-order chi connectivity index (χ1) is 6.26. The molecule has 0 radical (unpaired) electrons. The van der Waals surface area contributed by atoms with E-state index in [0.717, 1.165) is 12.5 Å². The number of hydrogen-bond donors (Lipinski definition) is 0. The quantitative estimate of drug-likeness (QED) is 0.627. The molecule has 0 saturated heterocycles. The molecule has 1 atom stereocenters. The number of hydrogen-bond acceptors (Lipinski definition) is 0. The van der Waals surface area contributed by atoms with E-state index >= 15 is 0 Å². The summed E-state index contributed by atoms with van der Waals surface area (Å²) >= 11 is 0. The first-order valence-corrected chi connectivity index (χ1v) is 5.03. The Bertz CT molecular complexity index is 269. The molecule has 2 heteroatoms. The van der Waals surface area contributed by atoms with Gasteiger partial charge in [0.2, 0.25) is 0 Å². The molecule has 0 aliphatic heterocycles. The van der Waals surface area contributed by atoms with Crippen molar-refractivity contribution in [3.05, 3.63) is 23.8 Å². The van der Waals surface area contributed by atoms with E-state index in [1.54, 1.807) is 13.0 Å². The van der Waals surface area contributed by atoms with E-state index in [1.807, 2.05) is 12.2 Å². The van der Waals surface area contributed by atoms with Gasteiger partial charge in [0.05, 0.1) is 5.41 Å². The van der Waals surface area contributed by atoms with Crippen LogP contribution in [0.5, 0.6) is 0 Å². The normalized spacial score (nSPS) is 28.1. The topological polar surface area (TPSA) is 0 Å². The Kier molecular flexibility index (Phi) is 2.84. The monoisotopic (exact) mass is 200 g/mol. The third-order valence-electron chi connectivity index (χ3n) is 3.07. The second kappa shape index (κ2) is 3.48. The Labute approximate surface area is 84.7 Å².